The predicted molar refractivity (Wildman–Crippen MR) is 90.2 cm³/mol. The van der Waals surface area contributed by atoms with E-state index in [1.165, 1.54) is 0 Å². The molecule has 0 bridgehead atoms. The number of anilines is 1. The molecule has 1 fully saturated rings. The molecule has 0 spiro atoms. The maximum atomic E-state index is 12.3. The highest BCUT2D eigenvalue weighted by molar-refractivity contribution is 6.30. The summed E-state index contributed by atoms with van der Waals surface area (Å²) in [6.45, 7) is 0.862. The summed E-state index contributed by atoms with van der Waals surface area (Å²) in [6.07, 6.45) is 0.251. The van der Waals surface area contributed by atoms with Crippen LogP contribution in [0.25, 0.3) is 0 Å². The molecule has 1 aliphatic heterocycles. The highest BCUT2D eigenvalue weighted by Gasteiger charge is 2.34. The summed E-state index contributed by atoms with van der Waals surface area (Å²) >= 11 is 5.84. The van der Waals surface area contributed by atoms with E-state index in [0.717, 1.165) is 11.3 Å². The summed E-state index contributed by atoms with van der Waals surface area (Å²) in [7, 11) is 0. The first-order valence-electron chi connectivity index (χ1n) is 7.51. The van der Waals surface area contributed by atoms with Crippen LogP contribution in [0.2, 0.25) is 5.02 Å². The van der Waals surface area contributed by atoms with Crippen molar-refractivity contribution in [1.29, 1.82) is 0 Å². The summed E-state index contributed by atoms with van der Waals surface area (Å²) < 4.78 is 0. The van der Waals surface area contributed by atoms with E-state index in [-0.39, 0.29) is 24.2 Å². The van der Waals surface area contributed by atoms with E-state index in [9.17, 15) is 9.59 Å². The zero-order valence-electron chi connectivity index (χ0n) is 12.5. The van der Waals surface area contributed by atoms with E-state index in [1.807, 2.05) is 42.5 Å². The minimum absolute atomic E-state index is 0.0113. The lowest BCUT2D eigenvalue weighted by Crippen LogP contribution is -2.32. The molecule has 0 unspecified atom stereocenters. The van der Waals surface area contributed by atoms with Gasteiger partial charge in [0.05, 0.1) is 5.92 Å². The van der Waals surface area contributed by atoms with Gasteiger partial charge in [0.15, 0.2) is 0 Å². The highest BCUT2D eigenvalue weighted by Crippen LogP contribution is 2.24. The smallest absolute Gasteiger partial charge is 0.227 e. The van der Waals surface area contributed by atoms with Gasteiger partial charge in [0.1, 0.15) is 0 Å². The van der Waals surface area contributed by atoms with E-state index in [1.54, 1.807) is 17.0 Å². The molecule has 3 rings (SSSR count). The number of benzene rings is 2. The van der Waals surface area contributed by atoms with Crippen molar-refractivity contribution >= 4 is 29.1 Å². The maximum absolute atomic E-state index is 12.3. The number of amides is 2. The van der Waals surface area contributed by atoms with Gasteiger partial charge in [-0.1, -0.05) is 41.9 Å². The monoisotopic (exact) mass is 328 g/mol. The van der Waals surface area contributed by atoms with Crippen molar-refractivity contribution in [3.63, 3.8) is 0 Å². The Balaban J connectivity index is 1.58. The van der Waals surface area contributed by atoms with E-state index in [4.69, 9.17) is 11.6 Å². The van der Waals surface area contributed by atoms with Crippen LogP contribution in [0.5, 0.6) is 0 Å². The van der Waals surface area contributed by atoms with Gasteiger partial charge in [-0.2, -0.15) is 0 Å². The zero-order valence-corrected chi connectivity index (χ0v) is 13.3. The fourth-order valence-corrected chi connectivity index (χ4v) is 2.80. The molecular formula is C18H17ClN2O2. The molecule has 1 aliphatic rings. The van der Waals surface area contributed by atoms with Crippen molar-refractivity contribution in [2.24, 2.45) is 5.92 Å². The van der Waals surface area contributed by atoms with Crippen LogP contribution in [-0.4, -0.2) is 18.4 Å². The van der Waals surface area contributed by atoms with Gasteiger partial charge in [0.25, 0.3) is 0 Å². The second-order valence-corrected chi connectivity index (χ2v) is 6.02. The molecule has 5 heteroatoms. The molecule has 2 aromatic rings. The van der Waals surface area contributed by atoms with Crippen LogP contribution in [-0.2, 0) is 16.1 Å². The lowest BCUT2D eigenvalue weighted by Gasteiger charge is -2.16. The fourth-order valence-electron chi connectivity index (χ4n) is 2.68. The number of nitrogens with zero attached hydrogens (tertiary/aromatic N) is 1. The summed E-state index contributed by atoms with van der Waals surface area (Å²) in [5.74, 6) is -0.412. The third-order valence-corrected chi connectivity index (χ3v) is 4.20. The Morgan fingerprint density at radius 1 is 1.13 bits per heavy atom. The minimum Gasteiger partial charge on any atom is -0.352 e. The number of carbonyl (C=O) groups is 2. The predicted octanol–water partition coefficient (Wildman–Crippen LogP) is 3.01. The summed E-state index contributed by atoms with van der Waals surface area (Å²) in [4.78, 5) is 26.1. The van der Waals surface area contributed by atoms with Crippen LogP contribution in [0.4, 0.5) is 5.69 Å². The Labute approximate surface area is 140 Å². The van der Waals surface area contributed by atoms with Gasteiger partial charge >= 0.3 is 0 Å². The number of nitrogens with one attached hydrogen (secondary N) is 1. The van der Waals surface area contributed by atoms with E-state index >= 15 is 0 Å². The number of carbonyl (C=O) groups excluding carboxylic acids is 2. The van der Waals surface area contributed by atoms with E-state index in [0.29, 0.717) is 18.1 Å². The van der Waals surface area contributed by atoms with Crippen molar-refractivity contribution in [2.75, 3.05) is 11.4 Å². The second-order valence-electron chi connectivity index (χ2n) is 5.59. The Morgan fingerprint density at radius 3 is 2.52 bits per heavy atom. The molecule has 1 heterocycles. The molecule has 118 valence electrons. The van der Waals surface area contributed by atoms with Crippen LogP contribution in [0.1, 0.15) is 12.0 Å². The van der Waals surface area contributed by atoms with Gasteiger partial charge in [-0.3, -0.25) is 9.59 Å². The maximum Gasteiger partial charge on any atom is 0.227 e. The molecule has 2 aromatic carbocycles. The number of halogens is 1. The van der Waals surface area contributed by atoms with Gasteiger partial charge in [-0.15, -0.1) is 0 Å². The van der Waals surface area contributed by atoms with Crippen molar-refractivity contribution in [2.45, 2.75) is 13.0 Å². The molecular weight excluding hydrogens is 312 g/mol. The Hall–Kier alpha value is -2.33. The molecule has 23 heavy (non-hydrogen) atoms. The molecule has 1 N–H and O–H groups in total. The van der Waals surface area contributed by atoms with E-state index < -0.39 is 0 Å². The summed E-state index contributed by atoms with van der Waals surface area (Å²) in [5, 5.41) is 3.56. The quantitative estimate of drug-likeness (QED) is 0.938. The first-order valence-corrected chi connectivity index (χ1v) is 7.89. The largest absolute Gasteiger partial charge is 0.352 e. The molecule has 4 nitrogen and oxygen atoms in total. The topological polar surface area (TPSA) is 49.4 Å². The van der Waals surface area contributed by atoms with Crippen LogP contribution >= 0.6 is 11.6 Å². The lowest BCUT2D eigenvalue weighted by molar-refractivity contribution is -0.126. The van der Waals surface area contributed by atoms with Crippen molar-refractivity contribution in [1.82, 2.24) is 5.32 Å². The van der Waals surface area contributed by atoms with Gasteiger partial charge < -0.3 is 10.2 Å². The first-order chi connectivity index (χ1) is 11.1. The van der Waals surface area contributed by atoms with Gasteiger partial charge in [0, 0.05) is 30.2 Å². The third-order valence-electron chi connectivity index (χ3n) is 3.94. The summed E-state index contributed by atoms with van der Waals surface area (Å²) in [5.41, 5.74) is 1.82. The number of rotatable bonds is 4. The van der Waals surface area contributed by atoms with Crippen LogP contribution in [0.3, 0.4) is 0 Å². The zero-order chi connectivity index (χ0) is 16.2. The number of hydrogen-bond acceptors (Lipinski definition) is 2. The third kappa shape index (κ3) is 3.71. The molecule has 0 aliphatic carbocycles. The van der Waals surface area contributed by atoms with E-state index in [2.05, 4.69) is 5.32 Å². The minimum atomic E-state index is -0.310. The fraction of sp³-hybridized carbons (Fsp3) is 0.222. The van der Waals surface area contributed by atoms with Crippen LogP contribution in [0.15, 0.2) is 54.6 Å². The second kappa shape index (κ2) is 6.84. The van der Waals surface area contributed by atoms with Gasteiger partial charge in [-0.25, -0.2) is 0 Å². The van der Waals surface area contributed by atoms with Gasteiger partial charge in [0.2, 0.25) is 11.8 Å². The molecule has 0 radical (unpaired) electrons. The van der Waals surface area contributed by atoms with Crippen molar-refractivity contribution in [3.05, 3.63) is 65.2 Å². The van der Waals surface area contributed by atoms with Crippen molar-refractivity contribution in [3.8, 4) is 0 Å². The first kappa shape index (κ1) is 15.6. The molecule has 0 saturated carbocycles. The molecule has 1 atom stereocenters. The molecule has 2 amide bonds. The van der Waals surface area contributed by atoms with Crippen LogP contribution < -0.4 is 10.2 Å². The average Bonchev–Trinajstić information content (AvgIpc) is 2.97. The number of hydrogen-bond donors (Lipinski definition) is 1. The Morgan fingerprint density at radius 2 is 1.83 bits per heavy atom. The normalized spacial score (nSPS) is 17.3. The molecule has 1 saturated heterocycles. The van der Waals surface area contributed by atoms with Crippen molar-refractivity contribution < 1.29 is 9.59 Å². The highest BCUT2D eigenvalue weighted by atomic mass is 35.5. The Kier molecular flexibility index (Phi) is 4.63. The SMILES string of the molecule is O=C(NCc1ccc(Cl)cc1)[C@@H]1CC(=O)N(c2ccccc2)C1. The Bertz CT molecular complexity index is 701. The number of para-hydroxylation sites is 1. The van der Waals surface area contributed by atoms with Crippen LogP contribution in [0, 0.1) is 5.92 Å². The molecule has 0 aromatic heterocycles. The standard InChI is InChI=1S/C18H17ClN2O2/c19-15-8-6-13(7-9-15)11-20-18(23)14-10-17(22)21(12-14)16-4-2-1-3-5-16/h1-9,14H,10-12H2,(H,20,23)/t14-/m1/s1. The average molecular weight is 329 g/mol. The summed E-state index contributed by atoms with van der Waals surface area (Å²) in [6, 6.07) is 16.8. The van der Waals surface area contributed by atoms with Gasteiger partial charge in [-0.05, 0) is 29.8 Å². The lowest BCUT2D eigenvalue weighted by atomic mass is 10.1.